The summed E-state index contributed by atoms with van der Waals surface area (Å²) in [6.07, 6.45) is -0.789. The summed E-state index contributed by atoms with van der Waals surface area (Å²) in [6.45, 7) is 6.15. The van der Waals surface area contributed by atoms with Gasteiger partial charge in [-0.3, -0.25) is 10.1 Å². The van der Waals surface area contributed by atoms with Crippen LogP contribution in [0, 0.1) is 13.8 Å². The van der Waals surface area contributed by atoms with Crippen LogP contribution < -0.4 is 5.32 Å². The average Bonchev–Trinajstić information content (AvgIpc) is 2.27. The fourth-order valence-corrected chi connectivity index (χ4v) is 1.98. The third-order valence-electron chi connectivity index (χ3n) is 2.75. The zero-order valence-corrected chi connectivity index (χ0v) is 11.4. The van der Waals surface area contributed by atoms with Gasteiger partial charge in [-0.25, -0.2) is 0 Å². The van der Waals surface area contributed by atoms with Crippen molar-refractivity contribution < 1.29 is 14.6 Å². The molecule has 0 heterocycles. The lowest BCUT2D eigenvalue weighted by atomic mass is 10.1. The van der Waals surface area contributed by atoms with E-state index in [4.69, 9.17) is 0 Å². The maximum atomic E-state index is 11.5. The molecule has 100 valence electrons. The molecule has 0 bridgehead atoms. The SMILES string of the molecule is COC(=O)[C@H](NCc1cc(C)cc(C)c1)[C@@H](C)O. The smallest absolute Gasteiger partial charge is 0.325 e. The van der Waals surface area contributed by atoms with Gasteiger partial charge in [0.05, 0.1) is 13.2 Å². The molecular weight excluding hydrogens is 230 g/mol. The van der Waals surface area contributed by atoms with Crippen LogP contribution in [0.2, 0.25) is 0 Å². The summed E-state index contributed by atoms with van der Waals surface area (Å²) in [5.41, 5.74) is 3.44. The van der Waals surface area contributed by atoms with E-state index in [0.29, 0.717) is 6.54 Å². The summed E-state index contributed by atoms with van der Waals surface area (Å²) in [4.78, 5) is 11.5. The lowest BCUT2D eigenvalue weighted by Gasteiger charge is -2.19. The first-order chi connectivity index (χ1) is 8.43. The molecule has 1 aromatic carbocycles. The number of hydrogen-bond donors (Lipinski definition) is 2. The minimum absolute atomic E-state index is 0.450. The van der Waals surface area contributed by atoms with Gasteiger partial charge in [0.15, 0.2) is 0 Å². The van der Waals surface area contributed by atoms with E-state index >= 15 is 0 Å². The first-order valence-electron chi connectivity index (χ1n) is 6.00. The highest BCUT2D eigenvalue weighted by molar-refractivity contribution is 5.76. The number of carbonyl (C=O) groups excluding carboxylic acids is 1. The van der Waals surface area contributed by atoms with Crippen molar-refractivity contribution in [1.29, 1.82) is 0 Å². The van der Waals surface area contributed by atoms with E-state index in [0.717, 1.165) is 5.56 Å². The Balaban J connectivity index is 2.69. The van der Waals surface area contributed by atoms with Crippen molar-refractivity contribution in [3.05, 3.63) is 34.9 Å². The highest BCUT2D eigenvalue weighted by Gasteiger charge is 2.23. The molecule has 0 unspecified atom stereocenters. The summed E-state index contributed by atoms with van der Waals surface area (Å²) < 4.78 is 4.65. The molecule has 0 aromatic heterocycles. The molecule has 18 heavy (non-hydrogen) atoms. The van der Waals surface area contributed by atoms with Gasteiger partial charge in [0.1, 0.15) is 6.04 Å². The number of aryl methyl sites for hydroxylation is 2. The number of hydrogen-bond acceptors (Lipinski definition) is 4. The zero-order valence-electron chi connectivity index (χ0n) is 11.4. The molecule has 0 aliphatic carbocycles. The van der Waals surface area contributed by atoms with E-state index in [1.807, 2.05) is 13.8 Å². The second kappa shape index (κ2) is 6.52. The van der Waals surface area contributed by atoms with E-state index in [9.17, 15) is 9.90 Å². The van der Waals surface area contributed by atoms with Crippen LogP contribution in [0.5, 0.6) is 0 Å². The van der Waals surface area contributed by atoms with E-state index in [1.165, 1.54) is 18.2 Å². The minimum Gasteiger partial charge on any atom is -0.468 e. The molecule has 1 rings (SSSR count). The number of rotatable bonds is 5. The van der Waals surface area contributed by atoms with Gasteiger partial charge in [-0.05, 0) is 26.3 Å². The monoisotopic (exact) mass is 251 g/mol. The second-order valence-corrected chi connectivity index (χ2v) is 4.62. The van der Waals surface area contributed by atoms with E-state index in [-0.39, 0.29) is 0 Å². The Bertz CT molecular complexity index is 395. The van der Waals surface area contributed by atoms with Crippen LogP contribution in [0.3, 0.4) is 0 Å². The van der Waals surface area contributed by atoms with Gasteiger partial charge < -0.3 is 9.84 Å². The third-order valence-corrected chi connectivity index (χ3v) is 2.75. The molecule has 0 radical (unpaired) electrons. The summed E-state index contributed by atoms with van der Waals surface area (Å²) in [7, 11) is 1.32. The number of aliphatic hydroxyl groups is 1. The molecule has 0 amide bonds. The Morgan fingerprint density at radius 2 is 1.89 bits per heavy atom. The molecule has 2 N–H and O–H groups in total. The maximum absolute atomic E-state index is 11.5. The van der Waals surface area contributed by atoms with Crippen molar-refractivity contribution >= 4 is 5.97 Å². The molecule has 4 nitrogen and oxygen atoms in total. The summed E-state index contributed by atoms with van der Waals surface area (Å²) >= 11 is 0. The molecule has 1 aromatic rings. The molecular formula is C14H21NO3. The average molecular weight is 251 g/mol. The van der Waals surface area contributed by atoms with Gasteiger partial charge in [-0.1, -0.05) is 29.3 Å². The van der Waals surface area contributed by atoms with Gasteiger partial charge in [0.2, 0.25) is 0 Å². The van der Waals surface area contributed by atoms with Crippen LogP contribution in [0.25, 0.3) is 0 Å². The first-order valence-corrected chi connectivity index (χ1v) is 6.00. The second-order valence-electron chi connectivity index (χ2n) is 4.62. The van der Waals surface area contributed by atoms with E-state index in [2.05, 4.69) is 28.3 Å². The quantitative estimate of drug-likeness (QED) is 0.775. The molecule has 2 atom stereocenters. The number of carbonyl (C=O) groups is 1. The van der Waals surface area contributed by atoms with Gasteiger partial charge in [0, 0.05) is 6.54 Å². The van der Waals surface area contributed by atoms with Crippen LogP contribution in [0.4, 0.5) is 0 Å². The van der Waals surface area contributed by atoms with Crippen LogP contribution >= 0.6 is 0 Å². The van der Waals surface area contributed by atoms with Crippen molar-refractivity contribution in [3.63, 3.8) is 0 Å². The van der Waals surface area contributed by atoms with Crippen LogP contribution in [0.1, 0.15) is 23.6 Å². The van der Waals surface area contributed by atoms with Gasteiger partial charge in [-0.2, -0.15) is 0 Å². The molecule has 0 spiro atoms. The van der Waals surface area contributed by atoms with Gasteiger partial charge in [-0.15, -0.1) is 0 Å². The Kier molecular flexibility index (Phi) is 5.31. The summed E-state index contributed by atoms with van der Waals surface area (Å²) in [5, 5.41) is 12.6. The largest absolute Gasteiger partial charge is 0.468 e. The Morgan fingerprint density at radius 3 is 2.33 bits per heavy atom. The van der Waals surface area contributed by atoms with Crippen molar-refractivity contribution in [2.24, 2.45) is 0 Å². The minimum atomic E-state index is -0.789. The van der Waals surface area contributed by atoms with Crippen molar-refractivity contribution in [3.8, 4) is 0 Å². The van der Waals surface area contributed by atoms with Crippen molar-refractivity contribution in [2.45, 2.75) is 39.5 Å². The number of nitrogens with one attached hydrogen (secondary N) is 1. The predicted molar refractivity (Wildman–Crippen MR) is 70.2 cm³/mol. The molecule has 0 saturated heterocycles. The third kappa shape index (κ3) is 4.13. The molecule has 0 aliphatic heterocycles. The Hall–Kier alpha value is -1.39. The fourth-order valence-electron chi connectivity index (χ4n) is 1.98. The maximum Gasteiger partial charge on any atom is 0.325 e. The number of benzene rings is 1. The van der Waals surface area contributed by atoms with Crippen LogP contribution in [-0.4, -0.2) is 30.3 Å². The topological polar surface area (TPSA) is 58.6 Å². The van der Waals surface area contributed by atoms with E-state index in [1.54, 1.807) is 6.92 Å². The lowest BCUT2D eigenvalue weighted by molar-refractivity contribution is -0.145. The number of ether oxygens (including phenoxy) is 1. The summed E-state index contributed by atoms with van der Waals surface area (Å²) in [6, 6.07) is 5.50. The van der Waals surface area contributed by atoms with Crippen LogP contribution in [-0.2, 0) is 16.1 Å². The zero-order chi connectivity index (χ0) is 13.7. The highest BCUT2D eigenvalue weighted by atomic mass is 16.5. The first kappa shape index (κ1) is 14.7. The fraction of sp³-hybridized carbons (Fsp3) is 0.500. The van der Waals surface area contributed by atoms with Crippen LogP contribution in [0.15, 0.2) is 18.2 Å². The van der Waals surface area contributed by atoms with Gasteiger partial charge in [0.25, 0.3) is 0 Å². The predicted octanol–water partition coefficient (Wildman–Crippen LogP) is 1.32. The van der Waals surface area contributed by atoms with Gasteiger partial charge >= 0.3 is 5.97 Å². The molecule has 0 fully saturated rings. The number of methoxy groups -OCH3 is 1. The molecule has 0 saturated carbocycles. The van der Waals surface area contributed by atoms with E-state index < -0.39 is 18.1 Å². The normalized spacial score (nSPS) is 14.1. The Labute approximate surface area is 108 Å². The molecule has 0 aliphatic rings. The highest BCUT2D eigenvalue weighted by Crippen LogP contribution is 2.09. The molecule has 4 heteroatoms. The number of aliphatic hydroxyl groups excluding tert-OH is 1. The standard InChI is InChI=1S/C14H21NO3/c1-9-5-10(2)7-12(6-9)8-15-13(11(3)16)14(17)18-4/h5-7,11,13,15-16H,8H2,1-4H3/t11-,13-/m1/s1. The lowest BCUT2D eigenvalue weighted by Crippen LogP contribution is -2.45. The van der Waals surface area contributed by atoms with Crippen molar-refractivity contribution in [1.82, 2.24) is 5.32 Å². The number of esters is 1. The summed E-state index contributed by atoms with van der Waals surface area (Å²) in [5.74, 6) is -0.450. The Morgan fingerprint density at radius 1 is 1.33 bits per heavy atom. The van der Waals surface area contributed by atoms with Crippen molar-refractivity contribution in [2.75, 3.05) is 7.11 Å².